The largest absolute Gasteiger partial charge is 0.426 e. The molecule has 2 aromatic rings. The van der Waals surface area contributed by atoms with Crippen LogP contribution in [0.3, 0.4) is 0 Å². The van der Waals surface area contributed by atoms with Crippen molar-refractivity contribution in [2.45, 2.75) is 6.92 Å². The molecule has 0 radical (unpaired) electrons. The van der Waals surface area contributed by atoms with E-state index >= 15 is 0 Å². The Kier molecular flexibility index (Phi) is 5.96. The SMILES string of the molecule is CC(=O)Oc1ccc(Br)cc1/C=N\NC(=O)c1cccc([N+](=O)[O-])c1. The number of benzene rings is 2. The van der Waals surface area contributed by atoms with E-state index in [-0.39, 0.29) is 17.0 Å². The molecule has 0 heterocycles. The molecule has 25 heavy (non-hydrogen) atoms. The van der Waals surface area contributed by atoms with Crippen LogP contribution in [-0.2, 0) is 4.79 Å². The second-order valence-corrected chi connectivity index (χ2v) is 5.70. The number of halogens is 1. The predicted molar refractivity (Wildman–Crippen MR) is 93.6 cm³/mol. The summed E-state index contributed by atoms with van der Waals surface area (Å²) in [6.07, 6.45) is 1.30. The van der Waals surface area contributed by atoms with Crippen molar-refractivity contribution in [1.82, 2.24) is 5.43 Å². The van der Waals surface area contributed by atoms with Gasteiger partial charge in [-0.2, -0.15) is 5.10 Å². The zero-order chi connectivity index (χ0) is 18.4. The van der Waals surface area contributed by atoms with Gasteiger partial charge < -0.3 is 4.74 Å². The van der Waals surface area contributed by atoms with Crippen LogP contribution in [-0.4, -0.2) is 23.0 Å². The zero-order valence-corrected chi connectivity index (χ0v) is 14.5. The maximum absolute atomic E-state index is 12.0. The van der Waals surface area contributed by atoms with Gasteiger partial charge in [0.2, 0.25) is 0 Å². The van der Waals surface area contributed by atoms with Gasteiger partial charge in [0.05, 0.1) is 11.1 Å². The van der Waals surface area contributed by atoms with Crippen LogP contribution in [0.5, 0.6) is 5.75 Å². The predicted octanol–water partition coefficient (Wildman–Crippen LogP) is 3.05. The Morgan fingerprint density at radius 3 is 2.72 bits per heavy atom. The molecule has 0 aliphatic carbocycles. The number of hydrogen-bond donors (Lipinski definition) is 1. The lowest BCUT2D eigenvalue weighted by Crippen LogP contribution is -2.17. The van der Waals surface area contributed by atoms with E-state index in [2.05, 4.69) is 26.5 Å². The molecule has 0 aliphatic heterocycles. The van der Waals surface area contributed by atoms with Gasteiger partial charge in [0.1, 0.15) is 5.75 Å². The third-order valence-electron chi connectivity index (χ3n) is 2.91. The van der Waals surface area contributed by atoms with Crippen LogP contribution in [0.15, 0.2) is 52.0 Å². The van der Waals surface area contributed by atoms with E-state index in [1.807, 2.05) is 0 Å². The molecule has 0 fully saturated rings. The molecule has 0 spiro atoms. The lowest BCUT2D eigenvalue weighted by atomic mass is 10.2. The standard InChI is InChI=1S/C16H12BrN3O5/c1-10(21)25-15-6-5-13(17)7-12(15)9-18-19-16(22)11-3-2-4-14(8-11)20(23)24/h2-9H,1H3,(H,19,22)/b18-9-. The summed E-state index contributed by atoms with van der Waals surface area (Å²) < 4.78 is 5.78. The van der Waals surface area contributed by atoms with E-state index in [4.69, 9.17) is 4.74 Å². The number of rotatable bonds is 5. The summed E-state index contributed by atoms with van der Waals surface area (Å²) in [5.74, 6) is -0.814. The molecular formula is C16H12BrN3O5. The number of esters is 1. The minimum Gasteiger partial charge on any atom is -0.426 e. The van der Waals surface area contributed by atoms with E-state index in [0.717, 1.165) is 10.5 Å². The number of non-ortho nitro benzene ring substituents is 1. The second kappa shape index (κ2) is 8.15. The highest BCUT2D eigenvalue weighted by Crippen LogP contribution is 2.22. The highest BCUT2D eigenvalue weighted by atomic mass is 79.9. The Morgan fingerprint density at radius 1 is 1.28 bits per heavy atom. The van der Waals surface area contributed by atoms with Gasteiger partial charge in [0.15, 0.2) is 0 Å². The average Bonchev–Trinajstić information content (AvgIpc) is 2.56. The number of carbonyl (C=O) groups is 2. The van der Waals surface area contributed by atoms with Gasteiger partial charge in [-0.1, -0.05) is 22.0 Å². The number of nitrogens with zero attached hydrogens (tertiary/aromatic N) is 2. The lowest BCUT2D eigenvalue weighted by molar-refractivity contribution is -0.384. The van der Waals surface area contributed by atoms with Crippen LogP contribution in [0.1, 0.15) is 22.8 Å². The first-order valence-corrected chi connectivity index (χ1v) is 7.72. The van der Waals surface area contributed by atoms with Crippen LogP contribution in [0.4, 0.5) is 5.69 Å². The summed E-state index contributed by atoms with van der Waals surface area (Å²) in [4.78, 5) is 33.2. The number of nitro benzene ring substituents is 1. The van der Waals surface area contributed by atoms with Crippen molar-refractivity contribution < 1.29 is 19.2 Å². The van der Waals surface area contributed by atoms with Crippen LogP contribution in [0, 0.1) is 10.1 Å². The monoisotopic (exact) mass is 405 g/mol. The van der Waals surface area contributed by atoms with Gasteiger partial charge in [-0.05, 0) is 24.3 Å². The number of nitro groups is 1. The van der Waals surface area contributed by atoms with Crippen molar-refractivity contribution in [2.24, 2.45) is 5.10 Å². The van der Waals surface area contributed by atoms with Crippen molar-refractivity contribution in [3.8, 4) is 5.75 Å². The number of amides is 1. The molecule has 8 nitrogen and oxygen atoms in total. The van der Waals surface area contributed by atoms with Gasteiger partial charge in [0.25, 0.3) is 11.6 Å². The molecule has 0 atom stereocenters. The zero-order valence-electron chi connectivity index (χ0n) is 12.9. The fraction of sp³-hybridized carbons (Fsp3) is 0.0625. The van der Waals surface area contributed by atoms with Crippen molar-refractivity contribution in [2.75, 3.05) is 0 Å². The van der Waals surface area contributed by atoms with E-state index in [9.17, 15) is 19.7 Å². The number of ether oxygens (including phenoxy) is 1. The summed E-state index contributed by atoms with van der Waals surface area (Å²) in [7, 11) is 0. The fourth-order valence-corrected chi connectivity index (χ4v) is 2.23. The Morgan fingerprint density at radius 2 is 2.04 bits per heavy atom. The van der Waals surface area contributed by atoms with Crippen molar-refractivity contribution >= 4 is 39.7 Å². The quantitative estimate of drug-likeness (QED) is 0.270. The molecule has 2 rings (SSSR count). The average molecular weight is 406 g/mol. The topological polar surface area (TPSA) is 111 Å². The summed E-state index contributed by atoms with van der Waals surface area (Å²) in [6, 6.07) is 10.2. The molecule has 9 heteroatoms. The van der Waals surface area contributed by atoms with Gasteiger partial charge in [-0.25, -0.2) is 5.43 Å². The van der Waals surface area contributed by atoms with Gasteiger partial charge in [-0.3, -0.25) is 19.7 Å². The van der Waals surface area contributed by atoms with Gasteiger partial charge in [0, 0.05) is 34.7 Å². The Hall–Kier alpha value is -3.07. The van der Waals surface area contributed by atoms with E-state index in [0.29, 0.717) is 5.56 Å². The fourth-order valence-electron chi connectivity index (χ4n) is 1.85. The first kappa shape index (κ1) is 18.3. The first-order valence-electron chi connectivity index (χ1n) is 6.92. The second-order valence-electron chi connectivity index (χ2n) is 4.78. The maximum Gasteiger partial charge on any atom is 0.308 e. The molecule has 0 unspecified atom stereocenters. The number of nitrogens with one attached hydrogen (secondary N) is 1. The van der Waals surface area contributed by atoms with Crippen LogP contribution in [0.2, 0.25) is 0 Å². The summed E-state index contributed by atoms with van der Waals surface area (Å²) >= 11 is 3.29. The molecule has 128 valence electrons. The van der Waals surface area contributed by atoms with Crippen molar-refractivity contribution in [3.63, 3.8) is 0 Å². The lowest BCUT2D eigenvalue weighted by Gasteiger charge is -2.05. The summed E-state index contributed by atoms with van der Waals surface area (Å²) in [5.41, 5.74) is 2.63. The Labute approximate surface area is 150 Å². The summed E-state index contributed by atoms with van der Waals surface area (Å²) in [6.45, 7) is 1.27. The van der Waals surface area contributed by atoms with E-state index in [1.54, 1.807) is 18.2 Å². The number of carbonyl (C=O) groups excluding carboxylic acids is 2. The molecular weight excluding hydrogens is 394 g/mol. The molecule has 0 saturated carbocycles. The molecule has 0 bridgehead atoms. The number of hydrogen-bond acceptors (Lipinski definition) is 6. The molecule has 2 aromatic carbocycles. The minimum absolute atomic E-state index is 0.0980. The molecule has 1 N–H and O–H groups in total. The normalized spacial score (nSPS) is 10.5. The summed E-state index contributed by atoms with van der Waals surface area (Å²) in [5, 5.41) is 14.5. The van der Waals surface area contributed by atoms with Crippen LogP contribution < -0.4 is 10.2 Å². The minimum atomic E-state index is -0.607. The van der Waals surface area contributed by atoms with Crippen LogP contribution in [0.25, 0.3) is 0 Å². The Balaban J connectivity index is 2.14. The smallest absolute Gasteiger partial charge is 0.308 e. The number of hydrazone groups is 1. The van der Waals surface area contributed by atoms with Gasteiger partial charge in [-0.15, -0.1) is 0 Å². The third kappa shape index (κ3) is 5.21. The highest BCUT2D eigenvalue weighted by molar-refractivity contribution is 9.10. The van der Waals surface area contributed by atoms with Crippen molar-refractivity contribution in [1.29, 1.82) is 0 Å². The molecule has 0 aromatic heterocycles. The first-order chi connectivity index (χ1) is 11.9. The molecule has 1 amide bonds. The van der Waals surface area contributed by atoms with E-state index < -0.39 is 16.8 Å². The van der Waals surface area contributed by atoms with Gasteiger partial charge >= 0.3 is 5.97 Å². The van der Waals surface area contributed by atoms with Crippen molar-refractivity contribution in [3.05, 3.63) is 68.2 Å². The third-order valence-corrected chi connectivity index (χ3v) is 3.41. The highest BCUT2D eigenvalue weighted by Gasteiger charge is 2.11. The molecule has 0 saturated heterocycles. The maximum atomic E-state index is 12.0. The van der Waals surface area contributed by atoms with E-state index in [1.165, 1.54) is 31.3 Å². The molecule has 0 aliphatic rings. The van der Waals surface area contributed by atoms with Crippen LogP contribution >= 0.6 is 15.9 Å². The Bertz CT molecular complexity index is 867.